The van der Waals surface area contributed by atoms with Gasteiger partial charge < -0.3 is 11.1 Å². The van der Waals surface area contributed by atoms with Crippen molar-refractivity contribution in [3.8, 4) is 0 Å². The summed E-state index contributed by atoms with van der Waals surface area (Å²) in [5, 5.41) is 13.5. The van der Waals surface area contributed by atoms with Gasteiger partial charge in [-0.1, -0.05) is 29.3 Å². The Bertz CT molecular complexity index is 479. The van der Waals surface area contributed by atoms with E-state index in [0.29, 0.717) is 10.9 Å². The van der Waals surface area contributed by atoms with E-state index in [2.05, 4.69) is 21.2 Å². The number of anilines is 1. The highest BCUT2D eigenvalue weighted by Gasteiger charge is 2.20. The smallest absolute Gasteiger partial charge is 0.293 e. The molecule has 0 aliphatic rings. The number of amides is 1. The maximum Gasteiger partial charge on any atom is 0.293 e. The fraction of sp³-hybridized carbons (Fsp3) is 0.417. The van der Waals surface area contributed by atoms with Gasteiger partial charge in [0.2, 0.25) is 5.91 Å². The second-order valence-corrected chi connectivity index (χ2v) is 5.04. The van der Waals surface area contributed by atoms with E-state index in [1.165, 1.54) is 12.1 Å². The summed E-state index contributed by atoms with van der Waals surface area (Å²) in [4.78, 5) is 22.4. The molecular formula is C12H16BrN3O3. The van der Waals surface area contributed by atoms with Gasteiger partial charge in [0.25, 0.3) is 5.69 Å². The van der Waals surface area contributed by atoms with Gasteiger partial charge in [-0.05, 0) is 18.6 Å². The molecule has 1 aromatic carbocycles. The molecule has 7 heteroatoms. The predicted molar refractivity (Wildman–Crippen MR) is 76.9 cm³/mol. The van der Waals surface area contributed by atoms with Crippen LogP contribution in [0.5, 0.6) is 0 Å². The molecule has 1 atom stereocenters. The lowest BCUT2D eigenvalue weighted by molar-refractivity contribution is -0.384. The molecule has 0 aliphatic heterocycles. The van der Waals surface area contributed by atoms with Gasteiger partial charge in [0, 0.05) is 17.1 Å². The van der Waals surface area contributed by atoms with Crippen LogP contribution < -0.4 is 11.1 Å². The fourth-order valence-electron chi connectivity index (χ4n) is 1.70. The Morgan fingerprint density at radius 1 is 1.58 bits per heavy atom. The van der Waals surface area contributed by atoms with Crippen molar-refractivity contribution in [2.24, 2.45) is 11.7 Å². The predicted octanol–water partition coefficient (Wildman–Crippen LogP) is 2.67. The number of carbonyl (C=O) groups excluding carboxylic acids is 1. The van der Waals surface area contributed by atoms with Crippen molar-refractivity contribution in [1.82, 2.24) is 0 Å². The largest absolute Gasteiger partial charge is 0.330 e. The number of halogens is 1. The molecular weight excluding hydrogens is 314 g/mol. The van der Waals surface area contributed by atoms with Gasteiger partial charge in [-0.2, -0.15) is 0 Å². The maximum absolute atomic E-state index is 12.0. The number of nitro benzene ring substituents is 1. The van der Waals surface area contributed by atoms with Crippen molar-refractivity contribution in [1.29, 1.82) is 0 Å². The van der Waals surface area contributed by atoms with E-state index < -0.39 is 4.92 Å². The molecule has 104 valence electrons. The van der Waals surface area contributed by atoms with Gasteiger partial charge in [0.05, 0.1) is 10.8 Å². The van der Waals surface area contributed by atoms with Crippen molar-refractivity contribution in [3.63, 3.8) is 0 Å². The Morgan fingerprint density at radius 3 is 2.79 bits per heavy atom. The number of hydrogen-bond acceptors (Lipinski definition) is 4. The first-order chi connectivity index (χ1) is 8.99. The SMILES string of the molecule is CCCC(CN)C(=O)Nc1ccc(Br)cc1[N+](=O)[O-]. The highest BCUT2D eigenvalue weighted by molar-refractivity contribution is 9.10. The second-order valence-electron chi connectivity index (χ2n) is 4.13. The maximum atomic E-state index is 12.0. The zero-order chi connectivity index (χ0) is 14.4. The monoisotopic (exact) mass is 329 g/mol. The molecule has 3 N–H and O–H groups in total. The molecule has 0 saturated heterocycles. The highest BCUT2D eigenvalue weighted by Crippen LogP contribution is 2.28. The molecule has 0 heterocycles. The summed E-state index contributed by atoms with van der Waals surface area (Å²) in [7, 11) is 0. The lowest BCUT2D eigenvalue weighted by atomic mass is 10.0. The number of nitrogens with two attached hydrogens (primary N) is 1. The van der Waals surface area contributed by atoms with E-state index in [1.807, 2.05) is 6.92 Å². The summed E-state index contributed by atoms with van der Waals surface area (Å²) in [6.45, 7) is 2.18. The van der Waals surface area contributed by atoms with Crippen LogP contribution in [0.2, 0.25) is 0 Å². The Kier molecular flexibility index (Phi) is 5.91. The molecule has 0 saturated carbocycles. The van der Waals surface area contributed by atoms with Crippen molar-refractivity contribution >= 4 is 33.2 Å². The van der Waals surface area contributed by atoms with Crippen LogP contribution in [-0.4, -0.2) is 17.4 Å². The average molecular weight is 330 g/mol. The first-order valence-corrected chi connectivity index (χ1v) is 6.73. The van der Waals surface area contributed by atoms with Gasteiger partial charge in [0.1, 0.15) is 5.69 Å². The van der Waals surface area contributed by atoms with Crippen LogP contribution in [0.4, 0.5) is 11.4 Å². The second kappa shape index (κ2) is 7.20. The fourth-order valence-corrected chi connectivity index (χ4v) is 2.05. The highest BCUT2D eigenvalue weighted by atomic mass is 79.9. The van der Waals surface area contributed by atoms with Crippen LogP contribution in [0.25, 0.3) is 0 Å². The standard InChI is InChI=1S/C12H16BrN3O3/c1-2-3-8(7-14)12(17)15-10-5-4-9(13)6-11(10)16(18)19/h4-6,8H,2-3,7,14H2,1H3,(H,15,17). The number of nitro groups is 1. The van der Waals surface area contributed by atoms with Crippen LogP contribution in [0.3, 0.4) is 0 Å². The average Bonchev–Trinajstić information content (AvgIpc) is 2.37. The first kappa shape index (κ1) is 15.6. The van der Waals surface area contributed by atoms with Gasteiger partial charge in [-0.3, -0.25) is 14.9 Å². The van der Waals surface area contributed by atoms with Crippen LogP contribution >= 0.6 is 15.9 Å². The number of nitrogens with zero attached hydrogens (tertiary/aromatic N) is 1. The summed E-state index contributed by atoms with van der Waals surface area (Å²) in [5.74, 6) is -0.608. The zero-order valence-electron chi connectivity index (χ0n) is 10.6. The molecule has 1 aromatic rings. The van der Waals surface area contributed by atoms with Crippen molar-refractivity contribution in [2.45, 2.75) is 19.8 Å². The molecule has 0 spiro atoms. The van der Waals surface area contributed by atoms with Gasteiger partial charge >= 0.3 is 0 Å². The van der Waals surface area contributed by atoms with E-state index in [0.717, 1.165) is 6.42 Å². The normalized spacial score (nSPS) is 11.9. The van der Waals surface area contributed by atoms with Crippen molar-refractivity contribution in [3.05, 3.63) is 32.8 Å². The van der Waals surface area contributed by atoms with Gasteiger partial charge in [-0.15, -0.1) is 0 Å². The van der Waals surface area contributed by atoms with E-state index in [-0.39, 0.29) is 29.7 Å². The molecule has 19 heavy (non-hydrogen) atoms. The number of benzene rings is 1. The number of nitrogens with one attached hydrogen (secondary N) is 1. The van der Waals surface area contributed by atoms with Crippen LogP contribution in [0.15, 0.2) is 22.7 Å². The van der Waals surface area contributed by atoms with Gasteiger partial charge in [-0.25, -0.2) is 0 Å². The van der Waals surface area contributed by atoms with E-state index >= 15 is 0 Å². The van der Waals surface area contributed by atoms with Crippen LogP contribution in [-0.2, 0) is 4.79 Å². The molecule has 6 nitrogen and oxygen atoms in total. The van der Waals surface area contributed by atoms with Crippen LogP contribution in [0, 0.1) is 16.0 Å². The molecule has 1 unspecified atom stereocenters. The quantitative estimate of drug-likeness (QED) is 0.619. The minimum absolute atomic E-state index is 0.144. The lowest BCUT2D eigenvalue weighted by Crippen LogP contribution is -2.29. The minimum atomic E-state index is -0.530. The topological polar surface area (TPSA) is 98.3 Å². The number of rotatable bonds is 6. The van der Waals surface area contributed by atoms with Gasteiger partial charge in [0.15, 0.2) is 0 Å². The van der Waals surface area contributed by atoms with Crippen LogP contribution in [0.1, 0.15) is 19.8 Å². The summed E-state index contributed by atoms with van der Waals surface area (Å²) in [6, 6.07) is 4.49. The molecule has 0 fully saturated rings. The first-order valence-electron chi connectivity index (χ1n) is 5.94. The summed E-state index contributed by atoms with van der Waals surface area (Å²) >= 11 is 3.16. The molecule has 0 bridgehead atoms. The molecule has 1 rings (SSSR count). The molecule has 1 amide bonds. The number of hydrogen-bond donors (Lipinski definition) is 2. The zero-order valence-corrected chi connectivity index (χ0v) is 12.1. The summed E-state index contributed by atoms with van der Waals surface area (Å²) in [6.07, 6.45) is 1.49. The minimum Gasteiger partial charge on any atom is -0.330 e. The third-order valence-corrected chi connectivity index (χ3v) is 3.20. The third-order valence-electron chi connectivity index (χ3n) is 2.71. The summed E-state index contributed by atoms with van der Waals surface area (Å²) < 4.78 is 0.584. The Balaban J connectivity index is 2.92. The number of carbonyl (C=O) groups is 1. The molecule has 0 radical (unpaired) electrons. The van der Waals surface area contributed by atoms with Crippen molar-refractivity contribution in [2.75, 3.05) is 11.9 Å². The molecule has 0 aromatic heterocycles. The Morgan fingerprint density at radius 2 is 2.26 bits per heavy atom. The third kappa shape index (κ3) is 4.29. The van der Waals surface area contributed by atoms with E-state index in [1.54, 1.807) is 6.07 Å². The Hall–Kier alpha value is -1.47. The van der Waals surface area contributed by atoms with E-state index in [4.69, 9.17) is 5.73 Å². The van der Waals surface area contributed by atoms with E-state index in [9.17, 15) is 14.9 Å². The van der Waals surface area contributed by atoms with Crippen molar-refractivity contribution < 1.29 is 9.72 Å². The summed E-state index contributed by atoms with van der Waals surface area (Å²) in [5.41, 5.74) is 5.58. The Labute approximate surface area is 119 Å². The lowest BCUT2D eigenvalue weighted by Gasteiger charge is -2.14. The molecule has 0 aliphatic carbocycles.